The van der Waals surface area contributed by atoms with Gasteiger partial charge in [0.1, 0.15) is 5.82 Å². The molecule has 15 heavy (non-hydrogen) atoms. The average molecular weight is 207 g/mol. The van der Waals surface area contributed by atoms with Crippen LogP contribution in [0.4, 0.5) is 4.39 Å². The molecule has 0 bridgehead atoms. The van der Waals surface area contributed by atoms with E-state index in [1.165, 1.54) is 18.9 Å². The molecule has 0 radical (unpaired) electrons. The molecule has 2 rings (SSSR count). The minimum Gasteiger partial charge on any atom is -0.310 e. The van der Waals surface area contributed by atoms with Crippen LogP contribution in [0.5, 0.6) is 0 Å². The molecule has 1 fully saturated rings. The molecule has 1 aliphatic carbocycles. The first-order chi connectivity index (χ1) is 7.29. The Morgan fingerprint density at radius 2 is 2.27 bits per heavy atom. The second kappa shape index (κ2) is 4.75. The Kier molecular flexibility index (Phi) is 3.37. The molecule has 0 aromatic heterocycles. The summed E-state index contributed by atoms with van der Waals surface area (Å²) in [6.07, 6.45) is 3.72. The summed E-state index contributed by atoms with van der Waals surface area (Å²) in [7, 11) is 0. The van der Waals surface area contributed by atoms with Crippen molar-refractivity contribution in [2.24, 2.45) is 5.92 Å². The third-order valence-electron chi connectivity index (χ3n) is 3.01. The molecule has 1 aliphatic rings. The van der Waals surface area contributed by atoms with Crippen LogP contribution in [-0.2, 0) is 0 Å². The number of hydrogen-bond acceptors (Lipinski definition) is 1. The van der Waals surface area contributed by atoms with Crippen LogP contribution < -0.4 is 5.32 Å². The molecule has 0 saturated heterocycles. The van der Waals surface area contributed by atoms with Crippen LogP contribution in [-0.4, -0.2) is 6.54 Å². The monoisotopic (exact) mass is 207 g/mol. The van der Waals surface area contributed by atoms with E-state index >= 15 is 0 Å². The summed E-state index contributed by atoms with van der Waals surface area (Å²) >= 11 is 0. The van der Waals surface area contributed by atoms with Crippen molar-refractivity contribution in [3.63, 3.8) is 0 Å². The molecule has 0 amide bonds. The van der Waals surface area contributed by atoms with Gasteiger partial charge in [-0.2, -0.15) is 0 Å². The van der Waals surface area contributed by atoms with Gasteiger partial charge in [-0.15, -0.1) is 0 Å². The van der Waals surface area contributed by atoms with Gasteiger partial charge in [0, 0.05) is 6.04 Å². The van der Waals surface area contributed by atoms with Crippen LogP contribution >= 0.6 is 0 Å². The molecule has 0 spiro atoms. The summed E-state index contributed by atoms with van der Waals surface area (Å²) in [5.74, 6) is 0.729. The van der Waals surface area contributed by atoms with Gasteiger partial charge in [0.25, 0.3) is 0 Å². The first-order valence-corrected chi connectivity index (χ1v) is 5.78. The highest BCUT2D eigenvalue weighted by atomic mass is 19.1. The maximum atomic E-state index is 13.0. The van der Waals surface area contributed by atoms with E-state index in [2.05, 4.69) is 12.2 Å². The summed E-state index contributed by atoms with van der Waals surface area (Å²) in [5.41, 5.74) is 1.07. The normalized spacial score (nSPS) is 17.7. The van der Waals surface area contributed by atoms with Crippen molar-refractivity contribution in [3.8, 4) is 0 Å². The lowest BCUT2D eigenvalue weighted by Crippen LogP contribution is -2.23. The minimum absolute atomic E-state index is 0.140. The number of benzene rings is 1. The fourth-order valence-corrected chi connectivity index (χ4v) is 1.85. The van der Waals surface area contributed by atoms with E-state index in [0.29, 0.717) is 6.04 Å². The van der Waals surface area contributed by atoms with E-state index in [-0.39, 0.29) is 5.82 Å². The predicted octanol–water partition coefficient (Wildman–Crippen LogP) is 3.28. The fourth-order valence-electron chi connectivity index (χ4n) is 1.85. The molecule has 2 heteroatoms. The summed E-state index contributed by atoms with van der Waals surface area (Å²) in [5, 5.41) is 3.51. The lowest BCUT2D eigenvalue weighted by Gasteiger charge is -2.17. The molecule has 1 aromatic rings. The van der Waals surface area contributed by atoms with E-state index in [0.717, 1.165) is 24.4 Å². The zero-order chi connectivity index (χ0) is 10.7. The topological polar surface area (TPSA) is 12.0 Å². The highest BCUT2D eigenvalue weighted by Gasteiger charge is 2.22. The van der Waals surface area contributed by atoms with Gasteiger partial charge < -0.3 is 5.32 Å². The zero-order valence-corrected chi connectivity index (χ0v) is 9.17. The van der Waals surface area contributed by atoms with Gasteiger partial charge in [-0.3, -0.25) is 0 Å². The molecule has 1 atom stereocenters. The van der Waals surface area contributed by atoms with Gasteiger partial charge in [-0.05, 0) is 49.4 Å². The SMILES string of the molecule is CCC(NCC1CC1)c1cccc(F)c1. The number of hydrogen-bond donors (Lipinski definition) is 1. The molecule has 0 aliphatic heterocycles. The van der Waals surface area contributed by atoms with E-state index in [4.69, 9.17) is 0 Å². The number of halogens is 1. The van der Waals surface area contributed by atoms with Crippen LogP contribution in [0, 0.1) is 11.7 Å². The summed E-state index contributed by atoms with van der Waals surface area (Å²) < 4.78 is 13.0. The molecule has 1 aromatic carbocycles. The maximum absolute atomic E-state index is 13.0. The van der Waals surface area contributed by atoms with Crippen molar-refractivity contribution in [1.82, 2.24) is 5.32 Å². The van der Waals surface area contributed by atoms with E-state index in [9.17, 15) is 4.39 Å². The van der Waals surface area contributed by atoms with Gasteiger partial charge in [0.2, 0.25) is 0 Å². The summed E-state index contributed by atoms with van der Waals surface area (Å²) in [6, 6.07) is 7.22. The van der Waals surface area contributed by atoms with E-state index in [1.807, 2.05) is 6.07 Å². The fraction of sp³-hybridized carbons (Fsp3) is 0.538. The summed E-state index contributed by atoms with van der Waals surface area (Å²) in [6.45, 7) is 3.21. The van der Waals surface area contributed by atoms with Crippen LogP contribution in [0.1, 0.15) is 37.8 Å². The average Bonchev–Trinajstić information content (AvgIpc) is 3.03. The van der Waals surface area contributed by atoms with Crippen LogP contribution in [0.25, 0.3) is 0 Å². The number of rotatable bonds is 5. The smallest absolute Gasteiger partial charge is 0.123 e. The zero-order valence-electron chi connectivity index (χ0n) is 9.17. The van der Waals surface area contributed by atoms with Crippen molar-refractivity contribution < 1.29 is 4.39 Å². The summed E-state index contributed by atoms with van der Waals surface area (Å²) in [4.78, 5) is 0. The van der Waals surface area contributed by atoms with Gasteiger partial charge in [0.15, 0.2) is 0 Å². The molecule has 0 heterocycles. The number of nitrogens with one attached hydrogen (secondary N) is 1. The molecule has 1 N–H and O–H groups in total. The molecule has 1 saturated carbocycles. The van der Waals surface area contributed by atoms with Gasteiger partial charge in [-0.25, -0.2) is 4.39 Å². The van der Waals surface area contributed by atoms with Crippen LogP contribution in [0.15, 0.2) is 24.3 Å². The third kappa shape index (κ3) is 3.03. The standard InChI is InChI=1S/C13H18FN/c1-2-13(15-9-10-6-7-10)11-4-3-5-12(14)8-11/h3-5,8,10,13,15H,2,6-7,9H2,1H3. The quantitative estimate of drug-likeness (QED) is 0.781. The molecule has 1 unspecified atom stereocenters. The molecular formula is C13H18FN. The Labute approximate surface area is 90.7 Å². The van der Waals surface area contributed by atoms with Crippen molar-refractivity contribution in [2.75, 3.05) is 6.54 Å². The highest BCUT2D eigenvalue weighted by Crippen LogP contribution is 2.29. The van der Waals surface area contributed by atoms with Crippen molar-refractivity contribution in [3.05, 3.63) is 35.6 Å². The highest BCUT2D eigenvalue weighted by molar-refractivity contribution is 5.20. The van der Waals surface area contributed by atoms with Crippen LogP contribution in [0.2, 0.25) is 0 Å². The largest absolute Gasteiger partial charge is 0.310 e. The first-order valence-electron chi connectivity index (χ1n) is 5.78. The van der Waals surface area contributed by atoms with Crippen LogP contribution in [0.3, 0.4) is 0 Å². The molecule has 1 nitrogen and oxygen atoms in total. The molecular weight excluding hydrogens is 189 g/mol. The Morgan fingerprint density at radius 3 is 2.87 bits per heavy atom. The Balaban J connectivity index is 1.97. The van der Waals surface area contributed by atoms with Crippen molar-refractivity contribution in [2.45, 2.75) is 32.2 Å². The molecule has 82 valence electrons. The Morgan fingerprint density at radius 1 is 1.47 bits per heavy atom. The van der Waals surface area contributed by atoms with Gasteiger partial charge in [-0.1, -0.05) is 19.1 Å². The van der Waals surface area contributed by atoms with Gasteiger partial charge >= 0.3 is 0 Å². The first kappa shape index (κ1) is 10.6. The maximum Gasteiger partial charge on any atom is 0.123 e. The Hall–Kier alpha value is -0.890. The predicted molar refractivity (Wildman–Crippen MR) is 60.2 cm³/mol. The lowest BCUT2D eigenvalue weighted by atomic mass is 10.0. The van der Waals surface area contributed by atoms with Gasteiger partial charge in [0.05, 0.1) is 0 Å². The van der Waals surface area contributed by atoms with Crippen molar-refractivity contribution in [1.29, 1.82) is 0 Å². The second-order valence-electron chi connectivity index (χ2n) is 4.37. The third-order valence-corrected chi connectivity index (χ3v) is 3.01. The van der Waals surface area contributed by atoms with Crippen molar-refractivity contribution >= 4 is 0 Å². The Bertz CT molecular complexity index is 320. The lowest BCUT2D eigenvalue weighted by molar-refractivity contribution is 0.499. The second-order valence-corrected chi connectivity index (χ2v) is 4.37. The minimum atomic E-state index is -0.140. The van der Waals surface area contributed by atoms with E-state index < -0.39 is 0 Å². The van der Waals surface area contributed by atoms with E-state index in [1.54, 1.807) is 12.1 Å².